The molecule has 0 radical (unpaired) electrons. The van der Waals surface area contributed by atoms with Gasteiger partial charge in [0.2, 0.25) is 0 Å². The minimum atomic E-state index is -0.390. The number of unbranched alkanes of at least 4 members (excludes halogenated alkanes) is 1. The van der Waals surface area contributed by atoms with Crippen molar-refractivity contribution in [2.24, 2.45) is 17.8 Å². The first kappa shape index (κ1) is 25.8. The molecule has 0 bridgehead atoms. The number of carbonyl (C=O) groups is 1. The Hall–Kier alpha value is -1.81. The van der Waals surface area contributed by atoms with Gasteiger partial charge in [0, 0.05) is 12.7 Å². The van der Waals surface area contributed by atoms with Gasteiger partial charge in [0.15, 0.2) is 0 Å². The van der Waals surface area contributed by atoms with Crippen LogP contribution < -0.4 is 4.74 Å². The van der Waals surface area contributed by atoms with E-state index in [9.17, 15) is 4.79 Å². The van der Waals surface area contributed by atoms with E-state index in [2.05, 4.69) is 37.8 Å². The molecule has 1 aromatic rings. The predicted octanol–water partition coefficient (Wildman–Crippen LogP) is 7.08. The van der Waals surface area contributed by atoms with E-state index in [4.69, 9.17) is 14.2 Å². The van der Waals surface area contributed by atoms with E-state index in [0.717, 1.165) is 30.8 Å². The van der Waals surface area contributed by atoms with Crippen LogP contribution in [0.5, 0.6) is 5.75 Å². The van der Waals surface area contributed by atoms with E-state index < -0.39 is 5.97 Å². The summed E-state index contributed by atoms with van der Waals surface area (Å²) in [5, 5.41) is 0. The molecular weight excluding hydrogens is 412 g/mol. The Morgan fingerprint density at radius 2 is 1.55 bits per heavy atom. The summed E-state index contributed by atoms with van der Waals surface area (Å²) in [6, 6.07) is 8.95. The molecule has 2 fully saturated rings. The fourth-order valence-corrected chi connectivity index (χ4v) is 5.40. The molecule has 0 heterocycles. The molecule has 0 amide bonds. The second-order valence-corrected chi connectivity index (χ2v) is 10.1. The highest BCUT2D eigenvalue weighted by Crippen LogP contribution is 2.38. The van der Waals surface area contributed by atoms with Crippen molar-refractivity contribution in [2.45, 2.75) is 83.5 Å². The second-order valence-electron chi connectivity index (χ2n) is 10.1. The van der Waals surface area contributed by atoms with Gasteiger partial charge in [-0.3, -0.25) is 0 Å². The van der Waals surface area contributed by atoms with Crippen LogP contribution in [0.3, 0.4) is 0 Å². The van der Waals surface area contributed by atoms with Crippen LogP contribution in [0.1, 0.15) is 89.0 Å². The van der Waals surface area contributed by atoms with Crippen molar-refractivity contribution in [3.8, 4) is 5.75 Å². The molecule has 33 heavy (non-hydrogen) atoms. The maximum absolute atomic E-state index is 11.0. The number of hydrogen-bond donors (Lipinski definition) is 0. The minimum Gasteiger partial charge on any atom is -0.493 e. The lowest BCUT2D eigenvalue weighted by Crippen LogP contribution is -2.23. The van der Waals surface area contributed by atoms with Crippen molar-refractivity contribution < 1.29 is 19.0 Å². The zero-order chi connectivity index (χ0) is 23.3. The third-order valence-electron chi connectivity index (χ3n) is 7.61. The van der Waals surface area contributed by atoms with Crippen LogP contribution >= 0.6 is 0 Å². The molecule has 3 rings (SSSR count). The van der Waals surface area contributed by atoms with Gasteiger partial charge in [0.05, 0.1) is 13.2 Å². The number of hydrogen-bond acceptors (Lipinski definition) is 4. The Balaban J connectivity index is 1.27. The molecule has 4 heteroatoms. The molecule has 2 aliphatic rings. The van der Waals surface area contributed by atoms with Crippen LogP contribution in [0.2, 0.25) is 0 Å². The third kappa shape index (κ3) is 9.16. The van der Waals surface area contributed by atoms with Gasteiger partial charge in [0.1, 0.15) is 12.4 Å². The summed E-state index contributed by atoms with van der Waals surface area (Å²) < 4.78 is 16.7. The second kappa shape index (κ2) is 14.5. The molecule has 0 atom stereocenters. The molecule has 0 spiro atoms. The molecule has 4 nitrogen and oxygen atoms in total. The summed E-state index contributed by atoms with van der Waals surface area (Å²) in [7, 11) is 0. The fraction of sp³-hybridized carbons (Fsp3) is 0.690. The van der Waals surface area contributed by atoms with Gasteiger partial charge in [-0.15, -0.1) is 0 Å². The highest BCUT2D eigenvalue weighted by atomic mass is 16.6. The maximum Gasteiger partial charge on any atom is 0.330 e. The van der Waals surface area contributed by atoms with Gasteiger partial charge in [-0.2, -0.15) is 0 Å². The van der Waals surface area contributed by atoms with Crippen LogP contribution in [0, 0.1) is 17.8 Å². The van der Waals surface area contributed by atoms with Crippen molar-refractivity contribution in [3.63, 3.8) is 0 Å². The lowest BCUT2D eigenvalue weighted by molar-refractivity contribution is -0.139. The van der Waals surface area contributed by atoms with Gasteiger partial charge >= 0.3 is 5.97 Å². The minimum absolute atomic E-state index is 0.299. The van der Waals surface area contributed by atoms with E-state index in [1.807, 2.05) is 0 Å². The van der Waals surface area contributed by atoms with E-state index in [1.165, 1.54) is 82.3 Å². The van der Waals surface area contributed by atoms with Crippen molar-refractivity contribution in [1.29, 1.82) is 0 Å². The Bertz CT molecular complexity index is 682. The normalized spacial score (nSPS) is 25.4. The predicted molar refractivity (Wildman–Crippen MR) is 134 cm³/mol. The number of ether oxygens (including phenoxy) is 3. The van der Waals surface area contributed by atoms with Gasteiger partial charge < -0.3 is 14.2 Å². The molecule has 0 aromatic heterocycles. The molecule has 1 aromatic carbocycles. The average Bonchev–Trinajstić information content (AvgIpc) is 2.87. The topological polar surface area (TPSA) is 44.8 Å². The van der Waals surface area contributed by atoms with Crippen molar-refractivity contribution in [3.05, 3.63) is 42.5 Å². The maximum atomic E-state index is 11.0. The zero-order valence-electron chi connectivity index (χ0n) is 20.6. The van der Waals surface area contributed by atoms with Gasteiger partial charge in [-0.05, 0) is 92.7 Å². The SMILES string of the molecule is C=CC(=O)OCCOCC1CCC(COc2ccc(C3CCC(CCCC)CC3)cc2)CC1. The summed E-state index contributed by atoms with van der Waals surface area (Å²) in [5.74, 6) is 3.56. The molecule has 0 unspecified atom stereocenters. The molecule has 2 aliphatic carbocycles. The number of rotatable bonds is 13. The summed E-state index contributed by atoms with van der Waals surface area (Å²) in [5.41, 5.74) is 1.50. The molecule has 0 N–H and O–H groups in total. The molecule has 184 valence electrons. The molecule has 2 saturated carbocycles. The Labute approximate surface area is 201 Å². The van der Waals surface area contributed by atoms with Gasteiger partial charge in [0.25, 0.3) is 0 Å². The van der Waals surface area contributed by atoms with E-state index in [1.54, 1.807) is 0 Å². The molecule has 0 aliphatic heterocycles. The highest BCUT2D eigenvalue weighted by Gasteiger charge is 2.23. The van der Waals surface area contributed by atoms with Crippen LogP contribution in [0.4, 0.5) is 0 Å². The zero-order valence-corrected chi connectivity index (χ0v) is 20.6. The fourth-order valence-electron chi connectivity index (χ4n) is 5.40. The number of benzene rings is 1. The number of esters is 1. The standard InChI is InChI=1S/C29H44O4/c1-3-5-6-23-11-13-26(14-12-23)27-15-17-28(18-16-27)33-22-25-9-7-24(8-10-25)21-31-19-20-32-29(30)4-2/h4,15-18,23-26H,2-3,5-14,19-22H2,1H3. The monoisotopic (exact) mass is 456 g/mol. The lowest BCUT2D eigenvalue weighted by atomic mass is 9.77. The van der Waals surface area contributed by atoms with Crippen LogP contribution in [0.15, 0.2) is 36.9 Å². The largest absolute Gasteiger partial charge is 0.493 e. The molecule has 0 saturated heterocycles. The molecular formula is C29H44O4. The average molecular weight is 457 g/mol. The van der Waals surface area contributed by atoms with Crippen molar-refractivity contribution in [2.75, 3.05) is 26.4 Å². The Morgan fingerprint density at radius 3 is 2.18 bits per heavy atom. The van der Waals surface area contributed by atoms with Crippen molar-refractivity contribution in [1.82, 2.24) is 0 Å². The summed E-state index contributed by atoms with van der Waals surface area (Å²) >= 11 is 0. The lowest BCUT2D eigenvalue weighted by Gasteiger charge is -2.29. The summed E-state index contributed by atoms with van der Waals surface area (Å²) in [6.07, 6.45) is 15.6. The van der Waals surface area contributed by atoms with Gasteiger partial charge in [-0.25, -0.2) is 4.79 Å². The Kier molecular flexibility index (Phi) is 11.3. The van der Waals surface area contributed by atoms with E-state index in [-0.39, 0.29) is 0 Å². The van der Waals surface area contributed by atoms with Crippen LogP contribution in [0.25, 0.3) is 0 Å². The third-order valence-corrected chi connectivity index (χ3v) is 7.61. The van der Waals surface area contributed by atoms with E-state index in [0.29, 0.717) is 25.0 Å². The first-order chi connectivity index (χ1) is 16.2. The van der Waals surface area contributed by atoms with Gasteiger partial charge in [-0.1, -0.05) is 44.9 Å². The summed E-state index contributed by atoms with van der Waals surface area (Å²) in [4.78, 5) is 11.0. The van der Waals surface area contributed by atoms with Crippen LogP contribution in [-0.2, 0) is 14.3 Å². The first-order valence-electron chi connectivity index (χ1n) is 13.3. The smallest absolute Gasteiger partial charge is 0.330 e. The Morgan fingerprint density at radius 1 is 0.909 bits per heavy atom. The van der Waals surface area contributed by atoms with Crippen molar-refractivity contribution >= 4 is 5.97 Å². The summed E-state index contributed by atoms with van der Waals surface area (Å²) in [6.45, 7) is 8.00. The van der Waals surface area contributed by atoms with Crippen LogP contribution in [-0.4, -0.2) is 32.4 Å². The van der Waals surface area contributed by atoms with E-state index >= 15 is 0 Å². The highest BCUT2D eigenvalue weighted by molar-refractivity contribution is 5.81. The number of carbonyl (C=O) groups excluding carboxylic acids is 1. The quantitative estimate of drug-likeness (QED) is 0.181. The first-order valence-corrected chi connectivity index (χ1v) is 13.3.